The zero-order valence-corrected chi connectivity index (χ0v) is 34.0. The highest BCUT2D eigenvalue weighted by Gasteiger charge is 2.41. The Kier molecular flexibility index (Phi) is 14.6. The Bertz CT molecular complexity index is 1880. The number of hydrogen-bond acceptors (Lipinski definition) is 6. The summed E-state index contributed by atoms with van der Waals surface area (Å²) in [6.07, 6.45) is 5.73. The van der Waals surface area contributed by atoms with Gasteiger partial charge < -0.3 is 15.5 Å². The Morgan fingerprint density at radius 1 is 0.811 bits per heavy atom. The molecule has 3 aromatic carbocycles. The number of nitrogens with zero attached hydrogens (tertiary/aromatic N) is 1. The second-order valence-electron chi connectivity index (χ2n) is 15.8. The van der Waals surface area contributed by atoms with Crippen LogP contribution in [0.2, 0.25) is 0 Å². The maximum absolute atomic E-state index is 14.3. The number of nitrogens with one attached hydrogen (secondary N) is 3. The van der Waals surface area contributed by atoms with Gasteiger partial charge in [0.15, 0.2) is 0 Å². The predicted octanol–water partition coefficient (Wildman–Crippen LogP) is 6.64. The number of amides is 3. The van der Waals surface area contributed by atoms with Crippen LogP contribution in [0.1, 0.15) is 83.2 Å². The fraction of sp³-hybridized carbons (Fsp3) is 0.419. The fourth-order valence-electron chi connectivity index (χ4n) is 6.24. The zero-order valence-electron chi connectivity index (χ0n) is 33.2. The molecule has 0 aromatic heterocycles. The van der Waals surface area contributed by atoms with Gasteiger partial charge in [-0.05, 0) is 54.5 Å². The highest BCUT2D eigenvalue weighted by Crippen LogP contribution is 2.30. The van der Waals surface area contributed by atoms with E-state index in [1.165, 1.54) is 17.4 Å². The number of benzene rings is 3. The van der Waals surface area contributed by atoms with E-state index in [1.54, 1.807) is 50.5 Å². The van der Waals surface area contributed by atoms with Crippen LogP contribution in [0.4, 0.5) is 0 Å². The predicted molar refractivity (Wildman–Crippen MR) is 216 cm³/mol. The maximum atomic E-state index is 14.3. The third kappa shape index (κ3) is 12.0. The summed E-state index contributed by atoms with van der Waals surface area (Å²) >= 11 is 0. The molecule has 3 N–H and O–H groups in total. The number of carbonyl (C=O) groups excluding carboxylic acids is 3. The molecule has 53 heavy (non-hydrogen) atoms. The average molecular weight is 743 g/mol. The van der Waals surface area contributed by atoms with Crippen LogP contribution in [0.5, 0.6) is 0 Å². The minimum absolute atomic E-state index is 0.136. The normalized spacial score (nSPS) is 14.5. The first kappa shape index (κ1) is 42.9. The van der Waals surface area contributed by atoms with E-state index < -0.39 is 44.9 Å². The Morgan fingerprint density at radius 3 is 1.83 bits per heavy atom. The number of carbonyl (C=O) groups is 3. The first-order valence-corrected chi connectivity index (χ1v) is 19.7. The van der Waals surface area contributed by atoms with Crippen molar-refractivity contribution in [3.8, 4) is 0 Å². The van der Waals surface area contributed by atoms with E-state index in [-0.39, 0.29) is 29.1 Å². The second-order valence-corrected chi connectivity index (χ2v) is 17.5. The summed E-state index contributed by atoms with van der Waals surface area (Å²) in [4.78, 5) is 42.9. The molecule has 3 rings (SSSR count). The van der Waals surface area contributed by atoms with Crippen LogP contribution < -0.4 is 15.4 Å². The maximum Gasteiger partial charge on any atom is 0.260 e. The lowest BCUT2D eigenvalue weighted by molar-refractivity contribution is -0.140. The molecule has 0 fully saturated rings. The molecule has 0 radical (unpaired) electrons. The molecule has 0 bridgehead atoms. The van der Waals surface area contributed by atoms with Crippen LogP contribution in [-0.4, -0.2) is 63.3 Å². The Hall–Kier alpha value is -4.54. The van der Waals surface area contributed by atoms with Crippen LogP contribution in [0.3, 0.4) is 0 Å². The summed E-state index contributed by atoms with van der Waals surface area (Å²) in [6.45, 7) is 17.1. The summed E-state index contributed by atoms with van der Waals surface area (Å²) in [5, 5.41) is 6.25. The molecule has 0 aliphatic carbocycles. The van der Waals surface area contributed by atoms with Crippen molar-refractivity contribution in [2.24, 2.45) is 11.3 Å². The number of sulfonamides is 1. The van der Waals surface area contributed by atoms with E-state index in [4.69, 9.17) is 0 Å². The molecule has 0 heterocycles. The van der Waals surface area contributed by atoms with Crippen molar-refractivity contribution in [3.05, 3.63) is 118 Å². The van der Waals surface area contributed by atoms with Gasteiger partial charge in [-0.2, -0.15) is 0 Å². The van der Waals surface area contributed by atoms with Gasteiger partial charge in [-0.1, -0.05) is 151 Å². The van der Waals surface area contributed by atoms with Gasteiger partial charge in [-0.25, -0.2) is 13.1 Å². The molecule has 3 unspecified atom stereocenters. The number of likely N-dealkylation sites (N-methyl/N-ethyl adjacent to an activating group) is 2. The minimum atomic E-state index is -3.95. The number of hydrogen-bond donors (Lipinski definition) is 3. The van der Waals surface area contributed by atoms with Gasteiger partial charge in [0.2, 0.25) is 21.8 Å². The van der Waals surface area contributed by atoms with Crippen molar-refractivity contribution in [3.63, 3.8) is 0 Å². The van der Waals surface area contributed by atoms with Crippen LogP contribution in [0.25, 0.3) is 12.2 Å². The lowest BCUT2D eigenvalue weighted by Crippen LogP contribution is -2.61. The molecule has 0 spiro atoms. The summed E-state index contributed by atoms with van der Waals surface area (Å²) in [5.74, 6) is -1.89. The Balaban J connectivity index is 1.78. The third-order valence-corrected chi connectivity index (χ3v) is 10.8. The van der Waals surface area contributed by atoms with Crippen molar-refractivity contribution in [1.29, 1.82) is 0 Å². The molecule has 3 atom stereocenters. The number of aryl methyl sites for hydroxylation is 1. The molecule has 3 aromatic rings. The largest absolute Gasteiger partial charge is 0.342 e. The molecule has 0 saturated carbocycles. The van der Waals surface area contributed by atoms with Gasteiger partial charge in [-0.15, -0.1) is 0 Å². The van der Waals surface area contributed by atoms with Gasteiger partial charge in [0, 0.05) is 18.0 Å². The molecule has 3 amide bonds. The van der Waals surface area contributed by atoms with Gasteiger partial charge in [0.25, 0.3) is 5.91 Å². The Labute approximate surface area is 317 Å². The highest BCUT2D eigenvalue weighted by molar-refractivity contribution is 7.89. The average Bonchev–Trinajstić information content (AvgIpc) is 3.08. The summed E-state index contributed by atoms with van der Waals surface area (Å²) in [5.41, 5.74) is 3.71. The molecule has 0 aliphatic rings. The van der Waals surface area contributed by atoms with Crippen molar-refractivity contribution in [1.82, 2.24) is 20.3 Å². The lowest BCUT2D eigenvalue weighted by atomic mass is 9.76. The van der Waals surface area contributed by atoms with Gasteiger partial charge in [-0.3, -0.25) is 14.4 Å². The van der Waals surface area contributed by atoms with Gasteiger partial charge in [0.05, 0.1) is 17.8 Å². The topological polar surface area (TPSA) is 125 Å². The zero-order chi connectivity index (χ0) is 39.7. The van der Waals surface area contributed by atoms with E-state index >= 15 is 0 Å². The quantitative estimate of drug-likeness (QED) is 0.119. The minimum Gasteiger partial charge on any atom is -0.342 e. The molecule has 0 saturated heterocycles. The van der Waals surface area contributed by atoms with Crippen molar-refractivity contribution in [2.45, 2.75) is 91.6 Å². The Morgan fingerprint density at radius 2 is 1.34 bits per heavy atom. The van der Waals surface area contributed by atoms with Gasteiger partial charge in [0.1, 0.15) is 6.04 Å². The molecule has 0 aliphatic heterocycles. The summed E-state index contributed by atoms with van der Waals surface area (Å²) in [6, 6.07) is 22.9. The lowest BCUT2D eigenvalue weighted by Gasteiger charge is -2.40. The smallest absolute Gasteiger partial charge is 0.260 e. The molecular formula is C43H58N4O5S. The second kappa shape index (κ2) is 18.0. The summed E-state index contributed by atoms with van der Waals surface area (Å²) in [7, 11) is -0.582. The molecule has 9 nitrogen and oxygen atoms in total. The van der Waals surface area contributed by atoms with Crippen LogP contribution in [0.15, 0.2) is 90.5 Å². The van der Waals surface area contributed by atoms with Crippen molar-refractivity contribution < 1.29 is 22.8 Å². The third-order valence-electron chi connectivity index (χ3n) is 9.58. The van der Waals surface area contributed by atoms with Gasteiger partial charge >= 0.3 is 0 Å². The molecule has 10 heteroatoms. The van der Waals surface area contributed by atoms with E-state index in [2.05, 4.69) is 58.7 Å². The van der Waals surface area contributed by atoms with Crippen molar-refractivity contribution in [2.75, 3.05) is 14.1 Å². The number of rotatable bonds is 15. The van der Waals surface area contributed by atoms with Crippen LogP contribution >= 0.6 is 0 Å². The summed E-state index contributed by atoms with van der Waals surface area (Å²) < 4.78 is 27.6. The van der Waals surface area contributed by atoms with E-state index in [1.807, 2.05) is 72.7 Å². The SMILES string of the molecule is CNC(C(=O)NC(C(=O)N(C)C(C=C(C)C(=O)NS(=O)(=O)Cc1ccccc1)C(C)C)C(C)(C)C)C(C)(C)c1ccc(C=Cc2ccc(C)cc2)cc1. The van der Waals surface area contributed by atoms with Crippen LogP contribution in [0, 0.1) is 18.3 Å². The first-order chi connectivity index (χ1) is 24.7. The van der Waals surface area contributed by atoms with E-state index in [0.29, 0.717) is 5.56 Å². The molecular weight excluding hydrogens is 685 g/mol. The monoisotopic (exact) mass is 742 g/mol. The van der Waals surface area contributed by atoms with Crippen LogP contribution in [-0.2, 0) is 35.6 Å². The standard InChI is InChI=1S/C43H58N4O5S/c1-29(2)36(27-31(4)39(48)46-53(51,52)28-34-15-13-12-14-16-34)47(11)41(50)38(42(5,6)7)45-40(49)37(44-10)43(8,9)35-25-23-33(24-26-35)22-21-32-19-17-30(3)18-20-32/h12-27,29,36-38,44H,28H2,1-11H3,(H,45,49)(H,46,48). The van der Waals surface area contributed by atoms with E-state index in [0.717, 1.165) is 16.7 Å². The van der Waals surface area contributed by atoms with E-state index in [9.17, 15) is 22.8 Å². The fourth-order valence-corrected chi connectivity index (χ4v) is 7.39. The van der Waals surface area contributed by atoms with Crippen molar-refractivity contribution >= 4 is 39.9 Å². The molecule has 286 valence electrons. The first-order valence-electron chi connectivity index (χ1n) is 18.0. The highest BCUT2D eigenvalue weighted by atomic mass is 32.2.